The van der Waals surface area contributed by atoms with E-state index >= 15 is 0 Å². The van der Waals surface area contributed by atoms with E-state index in [-0.39, 0.29) is 24.0 Å². The molecule has 0 spiro atoms. The predicted octanol–water partition coefficient (Wildman–Crippen LogP) is 2.20. The predicted molar refractivity (Wildman–Crippen MR) is 83.1 cm³/mol. The van der Waals surface area contributed by atoms with Crippen LogP contribution in [0.2, 0.25) is 5.15 Å². The van der Waals surface area contributed by atoms with Crippen LogP contribution in [0.3, 0.4) is 0 Å². The molecule has 17 heavy (non-hydrogen) atoms. The van der Waals surface area contributed by atoms with E-state index in [2.05, 4.69) is 27.2 Å². The first-order valence-electron chi connectivity index (χ1n) is 4.92. The minimum atomic E-state index is 0. The third-order valence-electron chi connectivity index (χ3n) is 1.89. The summed E-state index contributed by atoms with van der Waals surface area (Å²) < 4.78 is 0. The van der Waals surface area contributed by atoms with Gasteiger partial charge < -0.3 is 10.6 Å². The molecule has 0 aromatic carbocycles. The van der Waals surface area contributed by atoms with Crippen LogP contribution in [0.4, 0.5) is 0 Å². The van der Waals surface area contributed by atoms with Crippen molar-refractivity contribution in [3.63, 3.8) is 0 Å². The summed E-state index contributed by atoms with van der Waals surface area (Å²) in [6.45, 7) is 4.96. The van der Waals surface area contributed by atoms with Crippen LogP contribution in [-0.2, 0) is 6.54 Å². The van der Waals surface area contributed by atoms with Crippen LogP contribution in [-0.4, -0.2) is 24.5 Å². The molecule has 1 rings (SSSR count). The number of nitrogens with zero attached hydrogens (tertiary/aromatic N) is 2. The molecule has 0 aliphatic rings. The normalized spacial score (nSPS) is 10.4. The Morgan fingerprint density at radius 2 is 2.29 bits per heavy atom. The molecule has 0 unspecified atom stereocenters. The lowest BCUT2D eigenvalue weighted by Crippen LogP contribution is -2.36. The Bertz CT molecular complexity index is 364. The van der Waals surface area contributed by atoms with Gasteiger partial charge in [-0.2, -0.15) is 0 Å². The molecule has 0 radical (unpaired) electrons. The summed E-state index contributed by atoms with van der Waals surface area (Å²) in [5.74, 6) is 0.731. The third-order valence-corrected chi connectivity index (χ3v) is 2.11. The van der Waals surface area contributed by atoms with Gasteiger partial charge in [-0.1, -0.05) is 23.7 Å². The number of nitrogens with one attached hydrogen (secondary N) is 2. The Balaban J connectivity index is 0.00000256. The highest BCUT2D eigenvalue weighted by molar-refractivity contribution is 14.0. The smallest absolute Gasteiger partial charge is 0.191 e. The second kappa shape index (κ2) is 9.23. The van der Waals surface area contributed by atoms with Gasteiger partial charge in [0.25, 0.3) is 0 Å². The molecule has 6 heteroatoms. The van der Waals surface area contributed by atoms with Crippen LogP contribution >= 0.6 is 35.6 Å². The van der Waals surface area contributed by atoms with Crippen molar-refractivity contribution < 1.29 is 0 Å². The molecule has 1 aromatic heterocycles. The van der Waals surface area contributed by atoms with Crippen LogP contribution in [0.5, 0.6) is 0 Å². The standard InChI is InChI=1S/C11H15ClN4.HI/c1-3-6-14-11(13-2)16-8-9-4-5-10(12)15-7-9;/h3-5,7H,1,6,8H2,2H3,(H2,13,14,16);1H. The van der Waals surface area contributed by atoms with Crippen LogP contribution in [0.25, 0.3) is 0 Å². The molecule has 0 aliphatic heterocycles. The fourth-order valence-electron chi connectivity index (χ4n) is 1.09. The van der Waals surface area contributed by atoms with Gasteiger partial charge in [0.2, 0.25) is 0 Å². The maximum Gasteiger partial charge on any atom is 0.191 e. The summed E-state index contributed by atoms with van der Waals surface area (Å²) in [4.78, 5) is 8.05. The highest BCUT2D eigenvalue weighted by Crippen LogP contribution is 2.04. The van der Waals surface area contributed by atoms with Crippen LogP contribution in [0.1, 0.15) is 5.56 Å². The van der Waals surface area contributed by atoms with Gasteiger partial charge in [-0.25, -0.2) is 4.98 Å². The quantitative estimate of drug-likeness (QED) is 0.282. The van der Waals surface area contributed by atoms with E-state index in [1.54, 1.807) is 25.4 Å². The van der Waals surface area contributed by atoms with Crippen molar-refractivity contribution in [2.24, 2.45) is 4.99 Å². The summed E-state index contributed by atoms with van der Waals surface area (Å²) in [5.41, 5.74) is 1.05. The van der Waals surface area contributed by atoms with Gasteiger partial charge in [0.05, 0.1) is 0 Å². The zero-order valence-corrected chi connectivity index (χ0v) is 12.7. The number of pyridine rings is 1. The van der Waals surface area contributed by atoms with Crippen molar-refractivity contribution in [1.82, 2.24) is 15.6 Å². The van der Waals surface area contributed by atoms with Gasteiger partial charge in [-0.15, -0.1) is 30.6 Å². The molecule has 2 N–H and O–H groups in total. The lowest BCUT2D eigenvalue weighted by Gasteiger charge is -2.09. The maximum absolute atomic E-state index is 5.69. The lowest BCUT2D eigenvalue weighted by atomic mass is 10.3. The van der Waals surface area contributed by atoms with E-state index in [4.69, 9.17) is 11.6 Å². The fourth-order valence-corrected chi connectivity index (χ4v) is 1.20. The van der Waals surface area contributed by atoms with E-state index < -0.39 is 0 Å². The molecule has 0 aliphatic carbocycles. The molecule has 0 atom stereocenters. The summed E-state index contributed by atoms with van der Waals surface area (Å²) in [5, 5.41) is 6.72. The maximum atomic E-state index is 5.69. The summed E-state index contributed by atoms with van der Waals surface area (Å²) in [7, 11) is 1.72. The first-order chi connectivity index (χ1) is 7.76. The van der Waals surface area contributed by atoms with Gasteiger partial charge in [0.1, 0.15) is 5.15 Å². The molecule has 0 saturated carbocycles. The lowest BCUT2D eigenvalue weighted by molar-refractivity contribution is 0.843. The van der Waals surface area contributed by atoms with Crippen LogP contribution < -0.4 is 10.6 Å². The Labute approximate surface area is 124 Å². The number of rotatable bonds is 4. The summed E-state index contributed by atoms with van der Waals surface area (Å²) in [6.07, 6.45) is 3.51. The van der Waals surface area contributed by atoms with Crippen molar-refractivity contribution in [3.05, 3.63) is 41.7 Å². The Morgan fingerprint density at radius 3 is 2.82 bits per heavy atom. The van der Waals surface area contributed by atoms with Crippen molar-refractivity contribution in [2.75, 3.05) is 13.6 Å². The molecule has 0 saturated heterocycles. The van der Waals surface area contributed by atoms with Gasteiger partial charge in [-0.3, -0.25) is 4.99 Å². The zero-order valence-electron chi connectivity index (χ0n) is 9.61. The number of hydrogen-bond acceptors (Lipinski definition) is 2. The highest BCUT2D eigenvalue weighted by Gasteiger charge is 1.97. The third kappa shape index (κ3) is 6.48. The summed E-state index contributed by atoms with van der Waals surface area (Å²) >= 11 is 5.69. The largest absolute Gasteiger partial charge is 0.353 e. The molecule has 4 nitrogen and oxygen atoms in total. The zero-order chi connectivity index (χ0) is 11.8. The highest BCUT2D eigenvalue weighted by atomic mass is 127. The SMILES string of the molecule is C=CCNC(=NC)NCc1ccc(Cl)nc1.I. The second-order valence-corrected chi connectivity index (χ2v) is 3.47. The van der Waals surface area contributed by atoms with E-state index in [9.17, 15) is 0 Å². The molecule has 1 heterocycles. The van der Waals surface area contributed by atoms with Gasteiger partial charge in [-0.05, 0) is 11.6 Å². The molecular formula is C11H16ClIN4. The molecule has 0 fully saturated rings. The van der Waals surface area contributed by atoms with Gasteiger partial charge >= 0.3 is 0 Å². The van der Waals surface area contributed by atoms with E-state index in [1.807, 2.05) is 6.07 Å². The second-order valence-electron chi connectivity index (χ2n) is 3.08. The Kier molecular flexibility index (Phi) is 8.79. The van der Waals surface area contributed by atoms with Gasteiger partial charge in [0, 0.05) is 26.3 Å². The number of halogens is 2. The van der Waals surface area contributed by atoms with Crippen LogP contribution in [0.15, 0.2) is 36.0 Å². The average Bonchev–Trinajstić information content (AvgIpc) is 2.32. The van der Waals surface area contributed by atoms with Crippen molar-refractivity contribution in [2.45, 2.75) is 6.54 Å². The molecule has 94 valence electrons. The van der Waals surface area contributed by atoms with Gasteiger partial charge in [0.15, 0.2) is 5.96 Å². The van der Waals surface area contributed by atoms with E-state index in [0.717, 1.165) is 11.5 Å². The number of hydrogen-bond donors (Lipinski definition) is 2. The monoisotopic (exact) mass is 366 g/mol. The Hall–Kier alpha value is -0.820. The molecule has 1 aromatic rings. The van der Waals surface area contributed by atoms with E-state index in [1.165, 1.54) is 0 Å². The fraction of sp³-hybridized carbons (Fsp3) is 0.273. The van der Waals surface area contributed by atoms with E-state index in [0.29, 0.717) is 18.2 Å². The van der Waals surface area contributed by atoms with Crippen molar-refractivity contribution in [3.8, 4) is 0 Å². The molecular weight excluding hydrogens is 351 g/mol. The number of aromatic nitrogens is 1. The first kappa shape index (κ1) is 16.2. The number of guanidine groups is 1. The van der Waals surface area contributed by atoms with Crippen molar-refractivity contribution in [1.29, 1.82) is 0 Å². The Morgan fingerprint density at radius 1 is 1.53 bits per heavy atom. The topological polar surface area (TPSA) is 49.3 Å². The minimum absolute atomic E-state index is 0. The number of aliphatic imine (C=N–C) groups is 1. The average molecular weight is 367 g/mol. The minimum Gasteiger partial charge on any atom is -0.353 e. The van der Waals surface area contributed by atoms with Crippen LogP contribution in [0, 0.1) is 0 Å². The molecule has 0 bridgehead atoms. The van der Waals surface area contributed by atoms with Crippen molar-refractivity contribution >= 4 is 41.5 Å². The molecule has 0 amide bonds. The first-order valence-corrected chi connectivity index (χ1v) is 5.30. The summed E-state index contributed by atoms with van der Waals surface area (Å²) in [6, 6.07) is 3.68.